The number of nitrogens with zero attached hydrogens (tertiary/aromatic N) is 8. The second kappa shape index (κ2) is 16.6. The predicted molar refractivity (Wildman–Crippen MR) is 167 cm³/mol. The molecule has 0 saturated carbocycles. The number of aromatic nitrogens is 6. The third-order valence-electron chi connectivity index (χ3n) is 6.55. The zero-order valence-electron chi connectivity index (χ0n) is 25.8. The van der Waals surface area contributed by atoms with Crippen molar-refractivity contribution in [3.8, 4) is 0 Å². The van der Waals surface area contributed by atoms with E-state index < -0.39 is 69.9 Å². The molecular weight excluding hydrogens is 725 g/mol. The van der Waals surface area contributed by atoms with Crippen LogP contribution in [0.25, 0.3) is 21.6 Å². The summed E-state index contributed by atoms with van der Waals surface area (Å²) >= 11 is 0. The Kier molecular flexibility index (Phi) is 14.1. The first-order chi connectivity index (χ1) is 22.4. The van der Waals surface area contributed by atoms with Gasteiger partial charge in [-0.3, -0.25) is 28.0 Å². The highest BCUT2D eigenvalue weighted by Crippen LogP contribution is 2.66. The molecule has 0 radical (unpaired) electrons. The number of H-pyrrole nitrogens is 1. The van der Waals surface area contributed by atoms with Gasteiger partial charge in [-0.2, -0.15) is 0 Å². The average molecular weight is 760 g/mol. The van der Waals surface area contributed by atoms with Crippen LogP contribution in [0.1, 0.15) is 32.1 Å². The summed E-state index contributed by atoms with van der Waals surface area (Å²) < 4.78 is 44.7. The molecule has 0 spiro atoms. The highest BCUT2D eigenvalue weighted by atomic mass is 31.2. The number of nitrogen functional groups attached to an aromatic ring is 1. The van der Waals surface area contributed by atoms with E-state index in [1.54, 1.807) is 18.4 Å². The van der Waals surface area contributed by atoms with Crippen molar-refractivity contribution in [3.63, 3.8) is 0 Å². The van der Waals surface area contributed by atoms with E-state index in [0.717, 1.165) is 0 Å². The Labute approximate surface area is 274 Å². The van der Waals surface area contributed by atoms with Crippen LogP contribution in [-0.2, 0) is 29.7 Å². The van der Waals surface area contributed by atoms with Crippen LogP contribution in [0, 0.1) is 6.92 Å². The Morgan fingerprint density at radius 1 is 1.18 bits per heavy atom. The number of hydrogen-bond acceptors (Lipinski definition) is 14. The smallest absolute Gasteiger partial charge is 0.369 e. The number of aliphatic hydroxyl groups excluding tert-OH is 1. The quantitative estimate of drug-likeness (QED) is 0.0500. The minimum Gasteiger partial charge on any atom is -0.394 e. The SMILES string of the molecule is CC(O)(P(=O)(O)O)P(=O)(O)O.C[C@H](Cn1cnc2c(N)ncnc21)OCP(=O)(O)O.Cc1cn([C@H]2C[C@H](N=[N+]=[N-])[C@@H](CO)O2)c(=O)[nH]c1=O. The lowest BCUT2D eigenvalue weighted by molar-refractivity contribution is -0.0271. The van der Waals surface area contributed by atoms with Gasteiger partial charge in [-0.25, -0.2) is 19.7 Å². The molecule has 1 aliphatic rings. The number of aromatic amines is 1. The zero-order chi connectivity index (χ0) is 37.5. The van der Waals surface area contributed by atoms with E-state index in [1.807, 2.05) is 0 Å². The lowest BCUT2D eigenvalue weighted by atomic mass is 10.1. The maximum Gasteiger partial charge on any atom is 0.369 e. The Hall–Kier alpha value is -3.37. The molecule has 1 aliphatic heterocycles. The first-order valence-corrected chi connectivity index (χ1v) is 18.5. The molecule has 11 N–H and O–H groups in total. The number of azide groups is 1. The fourth-order valence-electron chi connectivity index (χ4n) is 3.79. The van der Waals surface area contributed by atoms with Gasteiger partial charge in [0.05, 0.1) is 37.7 Å². The number of rotatable bonds is 10. The maximum atomic E-state index is 11.7. The molecule has 3 aromatic heterocycles. The van der Waals surface area contributed by atoms with Crippen LogP contribution in [0.5, 0.6) is 0 Å². The van der Waals surface area contributed by atoms with Crippen molar-refractivity contribution < 1.29 is 62.7 Å². The van der Waals surface area contributed by atoms with Gasteiger partial charge < -0.3 is 59.3 Å². The van der Waals surface area contributed by atoms with Crippen molar-refractivity contribution in [2.24, 2.45) is 5.11 Å². The first kappa shape index (κ1) is 41.8. The molecule has 0 bridgehead atoms. The van der Waals surface area contributed by atoms with Crippen molar-refractivity contribution in [2.75, 3.05) is 18.7 Å². The number of nitrogens with two attached hydrogens (primary N) is 1. The van der Waals surface area contributed by atoms with Gasteiger partial charge in [-0.15, -0.1) is 0 Å². The van der Waals surface area contributed by atoms with Crippen LogP contribution in [0.2, 0.25) is 0 Å². The standard InChI is InChI=1S/C10H13N5O4.C9H14N5O4P.C2H8O7P2/c1-5-3-15(10(18)12-9(5)17)8-2-6(13-14-11)7(4-16)19-8;1-6(18-5-19(15,16)17)2-14-4-13-7-8(10)11-3-12-9(7)14;1-2(3,10(4,5)6)11(7,8)9/h3,6-8,16H,2,4H2,1H3,(H,12,17,18);3-4,6H,2,5H2,1H3,(H2,10,11,12)(H2,15,16,17);3H,1H3,(H2,4,5,6)(H2,7,8,9)/t6-,7+,8+;6-;/m01./s1. The van der Waals surface area contributed by atoms with Gasteiger partial charge in [-0.1, -0.05) is 5.11 Å². The Balaban J connectivity index is 0.000000266. The summed E-state index contributed by atoms with van der Waals surface area (Å²) in [6, 6.07) is -0.542. The Bertz CT molecular complexity index is 1890. The molecule has 4 rings (SSSR count). The first-order valence-electron chi connectivity index (χ1n) is 13.5. The normalized spacial score (nSPS) is 18.9. The fourth-order valence-corrected chi connectivity index (χ4v) is 5.60. The zero-order valence-corrected chi connectivity index (χ0v) is 28.5. The number of hydrogen-bond donors (Lipinski definition) is 10. The monoisotopic (exact) mass is 760 g/mol. The van der Waals surface area contributed by atoms with Crippen molar-refractivity contribution in [2.45, 2.75) is 63.3 Å². The number of anilines is 1. The largest absolute Gasteiger partial charge is 0.394 e. The fraction of sp³-hybridized carbons (Fsp3) is 0.571. The second-order valence-electron chi connectivity index (χ2n) is 10.5. The molecule has 3 aromatic rings. The van der Waals surface area contributed by atoms with Crippen LogP contribution in [-0.4, -0.2) is 105 Å². The molecular formula is C21H35N10O15P3. The summed E-state index contributed by atoms with van der Waals surface area (Å²) in [5, 5.41) is 18.0. The van der Waals surface area contributed by atoms with Crippen molar-refractivity contribution in [1.29, 1.82) is 0 Å². The number of imidazole rings is 1. The van der Waals surface area contributed by atoms with Crippen molar-refractivity contribution in [3.05, 3.63) is 55.7 Å². The molecule has 25 nitrogen and oxygen atoms in total. The molecule has 0 aliphatic carbocycles. The van der Waals surface area contributed by atoms with Gasteiger partial charge in [0, 0.05) is 23.1 Å². The second-order valence-corrected chi connectivity index (χ2v) is 16.3. The van der Waals surface area contributed by atoms with Crippen LogP contribution in [0.3, 0.4) is 0 Å². The van der Waals surface area contributed by atoms with E-state index in [0.29, 0.717) is 30.2 Å². The molecule has 28 heteroatoms. The lowest BCUT2D eigenvalue weighted by Crippen LogP contribution is -2.33. The summed E-state index contributed by atoms with van der Waals surface area (Å²) in [6.45, 7) is 3.70. The van der Waals surface area contributed by atoms with Crippen molar-refractivity contribution >= 4 is 39.8 Å². The third-order valence-corrected chi connectivity index (χ3v) is 10.8. The molecule has 4 heterocycles. The molecule has 0 unspecified atom stereocenters. The molecule has 49 heavy (non-hydrogen) atoms. The van der Waals surface area contributed by atoms with E-state index in [2.05, 4.69) is 30.0 Å². The van der Waals surface area contributed by atoms with Gasteiger partial charge in [0.1, 0.15) is 24.4 Å². The van der Waals surface area contributed by atoms with Crippen LogP contribution >= 0.6 is 22.8 Å². The topological polar surface area (TPSA) is 405 Å². The summed E-state index contributed by atoms with van der Waals surface area (Å²) in [6.07, 6.45) is 2.18. The summed E-state index contributed by atoms with van der Waals surface area (Å²) in [7, 11) is -14.6. The van der Waals surface area contributed by atoms with Crippen LogP contribution in [0.15, 0.2) is 33.6 Å². The van der Waals surface area contributed by atoms with Crippen LogP contribution in [0.4, 0.5) is 5.82 Å². The average Bonchev–Trinajstić information content (AvgIpc) is 3.58. The molecule has 0 aromatic carbocycles. The lowest BCUT2D eigenvalue weighted by Gasteiger charge is -2.24. The van der Waals surface area contributed by atoms with Gasteiger partial charge in [0.25, 0.3) is 10.6 Å². The number of ether oxygens (including phenoxy) is 2. The molecule has 1 saturated heterocycles. The molecule has 274 valence electrons. The van der Waals surface area contributed by atoms with Gasteiger partial charge in [-0.05, 0) is 26.3 Å². The van der Waals surface area contributed by atoms with Gasteiger partial charge >= 0.3 is 28.5 Å². The Morgan fingerprint density at radius 3 is 2.31 bits per heavy atom. The van der Waals surface area contributed by atoms with E-state index in [9.17, 15) is 23.3 Å². The van der Waals surface area contributed by atoms with E-state index in [1.165, 1.54) is 23.4 Å². The number of aliphatic hydroxyl groups is 2. The number of fused-ring (bicyclic) bond motifs is 1. The highest BCUT2D eigenvalue weighted by Gasteiger charge is 2.55. The van der Waals surface area contributed by atoms with Gasteiger partial charge in [0.15, 0.2) is 11.5 Å². The molecule has 0 amide bonds. The summed E-state index contributed by atoms with van der Waals surface area (Å²) in [5.74, 6) is 0.285. The predicted octanol–water partition coefficient (Wildman–Crippen LogP) is -1.24. The summed E-state index contributed by atoms with van der Waals surface area (Å²) in [5.41, 5.74) is 14.5. The maximum absolute atomic E-state index is 11.7. The number of aryl methyl sites for hydroxylation is 1. The van der Waals surface area contributed by atoms with E-state index >= 15 is 0 Å². The van der Waals surface area contributed by atoms with Crippen molar-refractivity contribution in [1.82, 2.24) is 29.1 Å². The minimum atomic E-state index is -5.20. The van der Waals surface area contributed by atoms with E-state index in [-0.39, 0.29) is 18.8 Å². The highest BCUT2D eigenvalue weighted by molar-refractivity contribution is 7.71. The third kappa shape index (κ3) is 11.3. The molecule has 1 fully saturated rings. The molecule has 4 atom stereocenters. The van der Waals surface area contributed by atoms with Crippen LogP contribution < -0.4 is 17.0 Å². The number of nitrogens with one attached hydrogen (secondary N) is 1. The summed E-state index contributed by atoms with van der Waals surface area (Å²) in [4.78, 5) is 90.3. The van der Waals surface area contributed by atoms with Gasteiger partial charge in [0.2, 0.25) is 0 Å². The Morgan fingerprint density at radius 2 is 1.80 bits per heavy atom. The minimum absolute atomic E-state index is 0.265. The van der Waals surface area contributed by atoms with E-state index in [4.69, 9.17) is 60.3 Å².